The number of carbonyl (C=O) groups is 1. The lowest BCUT2D eigenvalue weighted by Crippen LogP contribution is -2.28. The van der Waals surface area contributed by atoms with E-state index in [1.54, 1.807) is 0 Å². The topological polar surface area (TPSA) is 81.6 Å². The van der Waals surface area contributed by atoms with E-state index in [0.717, 1.165) is 25.1 Å². The Kier molecular flexibility index (Phi) is 6.15. The van der Waals surface area contributed by atoms with Crippen LogP contribution in [0, 0.1) is 5.92 Å². The van der Waals surface area contributed by atoms with Crippen molar-refractivity contribution in [1.82, 2.24) is 0 Å². The molecule has 5 nitrogen and oxygen atoms in total. The molecule has 0 spiro atoms. The second-order valence-corrected chi connectivity index (χ2v) is 4.87. The lowest BCUT2D eigenvalue weighted by molar-refractivity contribution is -0.122. The zero-order valence-corrected chi connectivity index (χ0v) is 12.6. The van der Waals surface area contributed by atoms with Crippen molar-refractivity contribution in [3.8, 4) is 5.75 Å². The highest BCUT2D eigenvalue weighted by Gasteiger charge is 2.14. The summed E-state index contributed by atoms with van der Waals surface area (Å²) in [4.78, 5) is 13.3. The van der Waals surface area contributed by atoms with E-state index >= 15 is 0 Å². The van der Waals surface area contributed by atoms with E-state index in [9.17, 15) is 4.79 Å². The first-order valence-corrected chi connectivity index (χ1v) is 7.02. The molecule has 0 bridgehead atoms. The number of anilines is 2. The summed E-state index contributed by atoms with van der Waals surface area (Å²) < 4.78 is 5.49. The fourth-order valence-electron chi connectivity index (χ4n) is 2.07. The van der Waals surface area contributed by atoms with Gasteiger partial charge in [0.2, 0.25) is 5.91 Å². The zero-order chi connectivity index (χ0) is 15.1. The molecule has 1 aromatic rings. The number of benzene rings is 1. The summed E-state index contributed by atoms with van der Waals surface area (Å²) in [5.74, 6) is 0.393. The molecule has 0 aromatic heterocycles. The van der Waals surface area contributed by atoms with Crippen molar-refractivity contribution in [1.29, 1.82) is 0 Å². The van der Waals surface area contributed by atoms with Crippen molar-refractivity contribution in [3.63, 3.8) is 0 Å². The van der Waals surface area contributed by atoms with Crippen molar-refractivity contribution in [2.45, 2.75) is 26.7 Å². The maximum absolute atomic E-state index is 11.2. The third kappa shape index (κ3) is 4.33. The van der Waals surface area contributed by atoms with Crippen molar-refractivity contribution in [3.05, 3.63) is 18.2 Å². The lowest BCUT2D eigenvalue weighted by atomic mass is 10.0. The second kappa shape index (κ2) is 7.62. The van der Waals surface area contributed by atoms with Gasteiger partial charge in [-0.1, -0.05) is 6.92 Å². The van der Waals surface area contributed by atoms with Gasteiger partial charge in [0.15, 0.2) is 0 Å². The number of ether oxygens (including phenoxy) is 1. The molecule has 0 aliphatic heterocycles. The Labute approximate surface area is 120 Å². The molecular weight excluding hydrogens is 254 g/mol. The van der Waals surface area contributed by atoms with Crippen LogP contribution < -0.4 is 21.1 Å². The van der Waals surface area contributed by atoms with Crippen molar-refractivity contribution >= 4 is 17.3 Å². The number of amides is 1. The van der Waals surface area contributed by atoms with Crippen LogP contribution in [-0.4, -0.2) is 26.1 Å². The molecule has 5 heteroatoms. The molecule has 0 radical (unpaired) electrons. The third-order valence-corrected chi connectivity index (χ3v) is 3.45. The number of hydrogen-bond acceptors (Lipinski definition) is 4. The summed E-state index contributed by atoms with van der Waals surface area (Å²) in [7, 11) is 1.98. The summed E-state index contributed by atoms with van der Waals surface area (Å²) in [5.41, 5.74) is 12.9. The van der Waals surface area contributed by atoms with Gasteiger partial charge in [-0.2, -0.15) is 0 Å². The lowest BCUT2D eigenvalue weighted by Gasteiger charge is -2.22. The van der Waals surface area contributed by atoms with Crippen LogP contribution in [0.25, 0.3) is 0 Å². The number of nitrogens with two attached hydrogens (primary N) is 2. The van der Waals surface area contributed by atoms with Gasteiger partial charge in [0.25, 0.3) is 0 Å². The van der Waals surface area contributed by atoms with Gasteiger partial charge in [-0.15, -0.1) is 0 Å². The number of carbonyl (C=O) groups excluding carboxylic acids is 1. The number of hydrogen-bond donors (Lipinski definition) is 2. The second-order valence-electron chi connectivity index (χ2n) is 4.87. The highest BCUT2D eigenvalue weighted by atomic mass is 16.5. The molecular formula is C15H25N3O2. The van der Waals surface area contributed by atoms with E-state index in [4.69, 9.17) is 16.2 Å². The predicted molar refractivity (Wildman–Crippen MR) is 82.9 cm³/mol. The minimum atomic E-state index is -0.229. The van der Waals surface area contributed by atoms with E-state index in [0.29, 0.717) is 18.0 Å². The minimum Gasteiger partial charge on any atom is -0.492 e. The Morgan fingerprint density at radius 3 is 2.65 bits per heavy atom. The monoisotopic (exact) mass is 279 g/mol. The molecule has 0 aliphatic rings. The number of rotatable bonds is 8. The molecule has 0 saturated carbocycles. The summed E-state index contributed by atoms with van der Waals surface area (Å²) >= 11 is 0. The van der Waals surface area contributed by atoms with Crippen molar-refractivity contribution in [2.24, 2.45) is 11.7 Å². The Morgan fingerprint density at radius 1 is 1.40 bits per heavy atom. The standard InChI is InChI=1S/C15H25N3O2/c1-4-11(15(17)19)8-9-18(3)12-6-7-13(16)14(10-12)20-5-2/h6-7,10-11H,4-5,8-9,16H2,1-3H3,(H2,17,19). The van der Waals surface area contributed by atoms with Gasteiger partial charge in [0.05, 0.1) is 12.3 Å². The summed E-state index contributed by atoms with van der Waals surface area (Å²) in [6.45, 7) is 5.24. The fraction of sp³-hybridized carbons (Fsp3) is 0.533. The largest absolute Gasteiger partial charge is 0.492 e. The maximum Gasteiger partial charge on any atom is 0.220 e. The molecule has 1 aromatic carbocycles. The van der Waals surface area contributed by atoms with E-state index in [1.165, 1.54) is 0 Å². The highest BCUT2D eigenvalue weighted by Crippen LogP contribution is 2.27. The Morgan fingerprint density at radius 2 is 2.10 bits per heavy atom. The van der Waals surface area contributed by atoms with E-state index in [1.807, 2.05) is 39.1 Å². The van der Waals surface area contributed by atoms with Crippen LogP contribution in [0.15, 0.2) is 18.2 Å². The number of primary amides is 1. The molecule has 0 heterocycles. The molecule has 1 rings (SSSR count). The molecule has 4 N–H and O–H groups in total. The summed E-state index contributed by atoms with van der Waals surface area (Å²) in [5, 5.41) is 0. The molecule has 1 amide bonds. The quantitative estimate of drug-likeness (QED) is 0.713. The average molecular weight is 279 g/mol. The van der Waals surface area contributed by atoms with Gasteiger partial charge in [-0.05, 0) is 31.9 Å². The van der Waals surface area contributed by atoms with E-state index < -0.39 is 0 Å². The minimum absolute atomic E-state index is 0.0717. The van der Waals surface area contributed by atoms with Crippen LogP contribution in [-0.2, 0) is 4.79 Å². The van der Waals surface area contributed by atoms with Crippen LogP contribution in [0.1, 0.15) is 26.7 Å². The summed E-state index contributed by atoms with van der Waals surface area (Å²) in [6, 6.07) is 5.70. The third-order valence-electron chi connectivity index (χ3n) is 3.45. The van der Waals surface area contributed by atoms with Crippen LogP contribution in [0.4, 0.5) is 11.4 Å². The van der Waals surface area contributed by atoms with Crippen molar-refractivity contribution in [2.75, 3.05) is 30.8 Å². The Bertz CT molecular complexity index is 449. The molecule has 20 heavy (non-hydrogen) atoms. The van der Waals surface area contributed by atoms with Crippen LogP contribution >= 0.6 is 0 Å². The fourth-order valence-corrected chi connectivity index (χ4v) is 2.07. The summed E-state index contributed by atoms with van der Waals surface area (Å²) in [6.07, 6.45) is 1.52. The molecule has 0 fully saturated rings. The smallest absolute Gasteiger partial charge is 0.220 e. The molecule has 112 valence electrons. The first-order chi connectivity index (χ1) is 9.49. The Hall–Kier alpha value is -1.91. The van der Waals surface area contributed by atoms with E-state index in [2.05, 4.69) is 4.90 Å². The average Bonchev–Trinajstić information content (AvgIpc) is 2.41. The maximum atomic E-state index is 11.2. The first-order valence-electron chi connectivity index (χ1n) is 7.02. The van der Waals surface area contributed by atoms with Gasteiger partial charge in [-0.3, -0.25) is 4.79 Å². The van der Waals surface area contributed by atoms with Gasteiger partial charge in [0.1, 0.15) is 5.75 Å². The molecule has 1 atom stereocenters. The van der Waals surface area contributed by atoms with E-state index in [-0.39, 0.29) is 11.8 Å². The van der Waals surface area contributed by atoms with Crippen LogP contribution in [0.3, 0.4) is 0 Å². The van der Waals surface area contributed by atoms with Gasteiger partial charge < -0.3 is 21.1 Å². The van der Waals surface area contributed by atoms with Gasteiger partial charge in [0, 0.05) is 31.3 Å². The van der Waals surface area contributed by atoms with Crippen molar-refractivity contribution < 1.29 is 9.53 Å². The molecule has 0 aliphatic carbocycles. The predicted octanol–water partition coefficient (Wildman–Crippen LogP) is 2.01. The Balaban J connectivity index is 2.69. The van der Waals surface area contributed by atoms with Gasteiger partial charge >= 0.3 is 0 Å². The zero-order valence-electron chi connectivity index (χ0n) is 12.6. The molecule has 1 unspecified atom stereocenters. The number of nitrogens with zero attached hydrogens (tertiary/aromatic N) is 1. The SMILES string of the molecule is CCOc1cc(N(C)CCC(CC)C(N)=O)ccc1N. The van der Waals surface area contributed by atoms with Crippen LogP contribution in [0.5, 0.6) is 5.75 Å². The first kappa shape index (κ1) is 16.1. The van der Waals surface area contributed by atoms with Crippen LogP contribution in [0.2, 0.25) is 0 Å². The highest BCUT2D eigenvalue weighted by molar-refractivity contribution is 5.76. The normalized spacial score (nSPS) is 11.9. The number of nitrogen functional groups attached to an aromatic ring is 1. The van der Waals surface area contributed by atoms with Gasteiger partial charge in [-0.25, -0.2) is 0 Å². The molecule has 0 saturated heterocycles.